The van der Waals surface area contributed by atoms with E-state index in [1.54, 1.807) is 0 Å². The van der Waals surface area contributed by atoms with Crippen molar-refractivity contribution in [1.29, 1.82) is 0 Å². The molecule has 1 aliphatic carbocycles. The topological polar surface area (TPSA) is 32.3 Å². The molecule has 96 valence electrons. The first-order chi connectivity index (χ1) is 7.81. The molecule has 0 heterocycles. The first-order valence-electron chi connectivity index (χ1n) is 6.77. The summed E-state index contributed by atoms with van der Waals surface area (Å²) in [4.78, 5) is 0. The van der Waals surface area contributed by atoms with E-state index in [1.807, 2.05) is 0 Å². The predicted octanol–water partition coefficient (Wildman–Crippen LogP) is 2.66. The fourth-order valence-corrected chi connectivity index (χ4v) is 4.03. The summed E-state index contributed by atoms with van der Waals surface area (Å²) in [7, 11) is 0. The van der Waals surface area contributed by atoms with Gasteiger partial charge in [0, 0.05) is 17.9 Å². The molecule has 1 fully saturated rings. The monoisotopic (exact) mass is 245 g/mol. The average Bonchev–Trinajstić information content (AvgIpc) is 2.31. The molecule has 0 saturated heterocycles. The molecule has 0 spiro atoms. The zero-order chi connectivity index (χ0) is 11.8. The third-order valence-electron chi connectivity index (χ3n) is 3.58. The molecule has 16 heavy (non-hydrogen) atoms. The molecule has 0 amide bonds. The van der Waals surface area contributed by atoms with Crippen molar-refractivity contribution in [3.63, 3.8) is 0 Å². The SMILES string of the molecule is CCNC1CCC(CC)CC1SCCCO. The van der Waals surface area contributed by atoms with Crippen LogP contribution in [0.25, 0.3) is 0 Å². The highest BCUT2D eigenvalue weighted by Crippen LogP contribution is 2.34. The second kappa shape index (κ2) is 8.37. The van der Waals surface area contributed by atoms with E-state index < -0.39 is 0 Å². The molecule has 0 radical (unpaired) electrons. The van der Waals surface area contributed by atoms with Crippen LogP contribution in [-0.4, -0.2) is 35.3 Å². The molecule has 1 rings (SSSR count). The van der Waals surface area contributed by atoms with Gasteiger partial charge in [0.2, 0.25) is 0 Å². The maximum Gasteiger partial charge on any atom is 0.0438 e. The Balaban J connectivity index is 2.37. The second-order valence-electron chi connectivity index (χ2n) is 4.74. The van der Waals surface area contributed by atoms with Gasteiger partial charge >= 0.3 is 0 Å². The smallest absolute Gasteiger partial charge is 0.0438 e. The summed E-state index contributed by atoms with van der Waals surface area (Å²) in [5, 5.41) is 13.2. The van der Waals surface area contributed by atoms with Gasteiger partial charge in [-0.05, 0) is 43.9 Å². The molecule has 3 heteroatoms. The van der Waals surface area contributed by atoms with Crippen LogP contribution in [0.15, 0.2) is 0 Å². The molecule has 3 unspecified atom stereocenters. The second-order valence-corrected chi connectivity index (χ2v) is 6.08. The summed E-state index contributed by atoms with van der Waals surface area (Å²) in [5.41, 5.74) is 0. The van der Waals surface area contributed by atoms with Crippen LogP contribution in [0, 0.1) is 5.92 Å². The lowest BCUT2D eigenvalue weighted by Crippen LogP contribution is -2.42. The van der Waals surface area contributed by atoms with Crippen molar-refractivity contribution in [2.75, 3.05) is 18.9 Å². The minimum Gasteiger partial charge on any atom is -0.396 e. The first-order valence-corrected chi connectivity index (χ1v) is 7.82. The molecule has 2 N–H and O–H groups in total. The highest BCUT2D eigenvalue weighted by molar-refractivity contribution is 7.99. The number of aliphatic hydroxyl groups excluding tert-OH is 1. The van der Waals surface area contributed by atoms with E-state index in [9.17, 15) is 0 Å². The fourth-order valence-electron chi connectivity index (χ4n) is 2.56. The van der Waals surface area contributed by atoms with Crippen LogP contribution in [0.4, 0.5) is 0 Å². The molecular formula is C13H27NOS. The largest absolute Gasteiger partial charge is 0.396 e. The van der Waals surface area contributed by atoms with Gasteiger partial charge in [0.25, 0.3) is 0 Å². The highest BCUT2D eigenvalue weighted by Gasteiger charge is 2.29. The minimum atomic E-state index is 0.336. The van der Waals surface area contributed by atoms with Gasteiger partial charge in [-0.2, -0.15) is 11.8 Å². The van der Waals surface area contributed by atoms with Crippen molar-refractivity contribution >= 4 is 11.8 Å². The summed E-state index contributed by atoms with van der Waals surface area (Å²) >= 11 is 2.07. The predicted molar refractivity (Wildman–Crippen MR) is 73.0 cm³/mol. The zero-order valence-electron chi connectivity index (χ0n) is 10.7. The molecule has 0 aliphatic heterocycles. The number of hydrogen-bond acceptors (Lipinski definition) is 3. The fraction of sp³-hybridized carbons (Fsp3) is 1.00. The Morgan fingerprint density at radius 3 is 2.75 bits per heavy atom. The molecule has 0 aromatic rings. The van der Waals surface area contributed by atoms with Crippen LogP contribution in [0.1, 0.15) is 46.0 Å². The summed E-state index contributed by atoms with van der Waals surface area (Å²) in [5.74, 6) is 2.04. The van der Waals surface area contributed by atoms with Crippen LogP contribution in [0.2, 0.25) is 0 Å². The van der Waals surface area contributed by atoms with Gasteiger partial charge in [-0.15, -0.1) is 0 Å². The third-order valence-corrected chi connectivity index (χ3v) is 5.05. The molecule has 1 saturated carbocycles. The van der Waals surface area contributed by atoms with E-state index in [0.29, 0.717) is 12.6 Å². The zero-order valence-corrected chi connectivity index (χ0v) is 11.6. The van der Waals surface area contributed by atoms with Gasteiger partial charge in [0.1, 0.15) is 0 Å². The van der Waals surface area contributed by atoms with Crippen molar-refractivity contribution in [2.24, 2.45) is 5.92 Å². The van der Waals surface area contributed by atoms with E-state index >= 15 is 0 Å². The van der Waals surface area contributed by atoms with E-state index in [-0.39, 0.29) is 0 Å². The summed E-state index contributed by atoms with van der Waals surface area (Å²) in [6.07, 6.45) is 6.37. The standard InChI is InChI=1S/C13H27NOS/c1-3-11-6-7-12(14-4-2)13(10-11)16-9-5-8-15/h11-15H,3-10H2,1-2H3. The highest BCUT2D eigenvalue weighted by atomic mass is 32.2. The Kier molecular flexibility index (Phi) is 7.50. The van der Waals surface area contributed by atoms with Crippen molar-refractivity contribution in [3.05, 3.63) is 0 Å². The quantitative estimate of drug-likeness (QED) is 0.676. The Hall–Kier alpha value is 0.270. The lowest BCUT2D eigenvalue weighted by molar-refractivity contribution is 0.292. The maximum atomic E-state index is 8.83. The van der Waals surface area contributed by atoms with Crippen LogP contribution < -0.4 is 5.32 Å². The summed E-state index contributed by atoms with van der Waals surface area (Å²) in [6, 6.07) is 0.705. The molecule has 0 bridgehead atoms. The van der Waals surface area contributed by atoms with Crippen LogP contribution in [0.5, 0.6) is 0 Å². The van der Waals surface area contributed by atoms with E-state index in [2.05, 4.69) is 30.9 Å². The molecule has 0 aromatic heterocycles. The maximum absolute atomic E-state index is 8.83. The number of rotatable bonds is 7. The first kappa shape index (κ1) is 14.3. The number of nitrogens with one attached hydrogen (secondary N) is 1. The number of hydrogen-bond donors (Lipinski definition) is 2. The van der Waals surface area contributed by atoms with Gasteiger partial charge in [0.05, 0.1) is 0 Å². The molecule has 0 aromatic carbocycles. The van der Waals surface area contributed by atoms with Crippen LogP contribution in [-0.2, 0) is 0 Å². The Labute approximate surface area is 105 Å². The van der Waals surface area contributed by atoms with Gasteiger partial charge in [-0.3, -0.25) is 0 Å². The lowest BCUT2D eigenvalue weighted by Gasteiger charge is -2.36. The normalized spacial score (nSPS) is 30.6. The average molecular weight is 245 g/mol. The van der Waals surface area contributed by atoms with Crippen molar-refractivity contribution < 1.29 is 5.11 Å². The van der Waals surface area contributed by atoms with Crippen molar-refractivity contribution in [2.45, 2.75) is 57.2 Å². The van der Waals surface area contributed by atoms with Gasteiger partial charge in [0.15, 0.2) is 0 Å². The van der Waals surface area contributed by atoms with Gasteiger partial charge in [-0.25, -0.2) is 0 Å². The van der Waals surface area contributed by atoms with E-state index in [4.69, 9.17) is 5.11 Å². The molecule has 1 aliphatic rings. The number of aliphatic hydroxyl groups is 1. The molecule has 3 atom stereocenters. The Bertz CT molecular complexity index is 177. The minimum absolute atomic E-state index is 0.336. The van der Waals surface area contributed by atoms with Crippen molar-refractivity contribution in [3.8, 4) is 0 Å². The lowest BCUT2D eigenvalue weighted by atomic mass is 9.84. The van der Waals surface area contributed by atoms with Crippen LogP contribution in [0.3, 0.4) is 0 Å². The van der Waals surface area contributed by atoms with Crippen LogP contribution >= 0.6 is 11.8 Å². The van der Waals surface area contributed by atoms with Gasteiger partial charge in [-0.1, -0.05) is 20.3 Å². The van der Waals surface area contributed by atoms with E-state index in [1.165, 1.54) is 25.7 Å². The molecule has 2 nitrogen and oxygen atoms in total. The summed E-state index contributed by atoms with van der Waals surface area (Å²) < 4.78 is 0. The van der Waals surface area contributed by atoms with Gasteiger partial charge < -0.3 is 10.4 Å². The third kappa shape index (κ3) is 4.64. The molecular weight excluding hydrogens is 218 g/mol. The summed E-state index contributed by atoms with van der Waals surface area (Å²) in [6.45, 7) is 5.93. The number of thioether (sulfide) groups is 1. The Morgan fingerprint density at radius 1 is 1.31 bits per heavy atom. The van der Waals surface area contributed by atoms with Crippen molar-refractivity contribution in [1.82, 2.24) is 5.32 Å². The van der Waals surface area contributed by atoms with E-state index in [0.717, 1.165) is 29.9 Å². The Morgan fingerprint density at radius 2 is 2.12 bits per heavy atom.